The van der Waals surface area contributed by atoms with Gasteiger partial charge in [0.1, 0.15) is 31.2 Å². The number of aliphatic hydroxyl groups is 1. The van der Waals surface area contributed by atoms with E-state index in [4.69, 9.17) is 18.9 Å². The maximum atomic E-state index is 12.1. The first-order valence-electron chi connectivity index (χ1n) is 13.0. The van der Waals surface area contributed by atoms with Gasteiger partial charge < -0.3 is 44.5 Å². The van der Waals surface area contributed by atoms with Gasteiger partial charge in [-0.05, 0) is 45.0 Å². The number of esters is 1. The molecule has 2 unspecified atom stereocenters. The highest BCUT2D eigenvalue weighted by Gasteiger charge is 2.33. The molecular weight excluding hydrogens is 480 g/mol. The molecule has 2 aliphatic heterocycles. The number of amides is 2. The van der Waals surface area contributed by atoms with Crippen LogP contribution in [0.15, 0.2) is 24.3 Å². The Morgan fingerprint density at radius 3 is 2.57 bits per heavy atom. The highest BCUT2D eigenvalue weighted by Crippen LogP contribution is 2.22. The summed E-state index contributed by atoms with van der Waals surface area (Å²) < 4.78 is 22.0. The average Bonchev–Trinajstić information content (AvgIpc) is 3.24. The van der Waals surface area contributed by atoms with E-state index in [9.17, 15) is 14.7 Å². The molecule has 208 valence electrons. The minimum atomic E-state index is -0.678. The van der Waals surface area contributed by atoms with Crippen LogP contribution in [0.1, 0.15) is 25.8 Å². The quantitative estimate of drug-likeness (QED) is 0.253. The molecule has 0 spiro atoms. The molecule has 0 saturated carbocycles. The van der Waals surface area contributed by atoms with Crippen LogP contribution in [0.3, 0.4) is 0 Å². The van der Waals surface area contributed by atoms with Crippen molar-refractivity contribution in [3.63, 3.8) is 0 Å². The van der Waals surface area contributed by atoms with E-state index in [1.165, 1.54) is 0 Å². The third-order valence-corrected chi connectivity index (χ3v) is 6.23. The molecule has 37 heavy (non-hydrogen) atoms. The SMILES string of the molecule is CN1CCN(C(=O)NCCNCC(O)COc2ccc(CCC(=O)OCC3COC(C)(C)O3)cc2)CC1. The zero-order valence-corrected chi connectivity index (χ0v) is 22.2. The van der Waals surface area contributed by atoms with Gasteiger partial charge in [-0.2, -0.15) is 0 Å². The molecular formula is C26H42N4O7. The predicted octanol–water partition coefficient (Wildman–Crippen LogP) is 0.600. The van der Waals surface area contributed by atoms with Crippen LogP contribution >= 0.6 is 0 Å². The highest BCUT2D eigenvalue weighted by molar-refractivity contribution is 5.74. The first-order valence-corrected chi connectivity index (χ1v) is 13.0. The molecule has 2 saturated heterocycles. The summed E-state index contributed by atoms with van der Waals surface area (Å²) in [6.45, 7) is 9.10. The normalized spacial score (nSPS) is 20.4. The highest BCUT2D eigenvalue weighted by atomic mass is 16.7. The summed E-state index contributed by atoms with van der Waals surface area (Å²) in [5, 5.41) is 16.2. The summed E-state index contributed by atoms with van der Waals surface area (Å²) >= 11 is 0. The summed E-state index contributed by atoms with van der Waals surface area (Å²) in [6, 6.07) is 7.39. The number of aryl methyl sites for hydroxylation is 1. The molecule has 11 heteroatoms. The third kappa shape index (κ3) is 10.8. The Balaban J connectivity index is 1.21. The lowest BCUT2D eigenvalue weighted by molar-refractivity contribution is -0.158. The Hall–Kier alpha value is -2.44. The molecule has 2 atom stereocenters. The van der Waals surface area contributed by atoms with Crippen molar-refractivity contribution < 1.29 is 33.6 Å². The van der Waals surface area contributed by atoms with Crippen molar-refractivity contribution >= 4 is 12.0 Å². The first-order chi connectivity index (χ1) is 17.7. The lowest BCUT2D eigenvalue weighted by Gasteiger charge is -2.32. The van der Waals surface area contributed by atoms with Crippen LogP contribution in [0.2, 0.25) is 0 Å². The van der Waals surface area contributed by atoms with Crippen LogP contribution in [-0.2, 0) is 25.4 Å². The summed E-state index contributed by atoms with van der Waals surface area (Å²) in [5.41, 5.74) is 0.992. The van der Waals surface area contributed by atoms with Gasteiger partial charge in [-0.3, -0.25) is 4.79 Å². The van der Waals surface area contributed by atoms with Crippen LogP contribution in [0.5, 0.6) is 5.75 Å². The number of carbonyl (C=O) groups excluding carboxylic acids is 2. The van der Waals surface area contributed by atoms with Gasteiger partial charge in [0.25, 0.3) is 0 Å². The molecule has 2 heterocycles. The van der Waals surface area contributed by atoms with E-state index in [1.54, 1.807) is 0 Å². The number of piperazine rings is 1. The molecule has 1 aromatic carbocycles. The molecule has 11 nitrogen and oxygen atoms in total. The van der Waals surface area contributed by atoms with Crippen molar-refractivity contribution in [3.8, 4) is 5.75 Å². The predicted molar refractivity (Wildman–Crippen MR) is 137 cm³/mol. The van der Waals surface area contributed by atoms with Crippen molar-refractivity contribution in [3.05, 3.63) is 29.8 Å². The fraction of sp³-hybridized carbons (Fsp3) is 0.692. The minimum absolute atomic E-state index is 0.0444. The number of carbonyl (C=O) groups is 2. The van der Waals surface area contributed by atoms with E-state index in [0.717, 1.165) is 31.7 Å². The van der Waals surface area contributed by atoms with E-state index in [1.807, 2.05) is 43.0 Å². The number of nitrogens with one attached hydrogen (secondary N) is 2. The van der Waals surface area contributed by atoms with Crippen LogP contribution in [0.25, 0.3) is 0 Å². The number of nitrogens with zero attached hydrogens (tertiary/aromatic N) is 2. The van der Waals surface area contributed by atoms with Crippen LogP contribution in [-0.4, -0.2) is 118 Å². The third-order valence-electron chi connectivity index (χ3n) is 6.23. The summed E-state index contributed by atoms with van der Waals surface area (Å²) in [5.74, 6) is -0.259. The van der Waals surface area contributed by atoms with Gasteiger partial charge in [-0.25, -0.2) is 4.79 Å². The second-order valence-electron chi connectivity index (χ2n) is 9.97. The second-order valence-corrected chi connectivity index (χ2v) is 9.97. The van der Waals surface area contributed by atoms with E-state index < -0.39 is 11.9 Å². The van der Waals surface area contributed by atoms with Gasteiger partial charge in [0.2, 0.25) is 0 Å². The molecule has 2 amide bonds. The Morgan fingerprint density at radius 2 is 1.89 bits per heavy atom. The smallest absolute Gasteiger partial charge is 0.317 e. The van der Waals surface area contributed by atoms with Crippen molar-refractivity contribution in [1.82, 2.24) is 20.4 Å². The lowest BCUT2D eigenvalue weighted by Crippen LogP contribution is -2.51. The Morgan fingerprint density at radius 1 is 1.16 bits per heavy atom. The zero-order valence-electron chi connectivity index (χ0n) is 22.2. The summed E-state index contributed by atoms with van der Waals surface area (Å²) in [6.07, 6.45) is -0.0707. The van der Waals surface area contributed by atoms with Crippen molar-refractivity contribution in [2.75, 3.05) is 72.7 Å². The number of aliphatic hydroxyl groups excluding tert-OH is 1. The van der Waals surface area contributed by atoms with E-state index in [0.29, 0.717) is 38.4 Å². The number of benzene rings is 1. The molecule has 3 N–H and O–H groups in total. The van der Waals surface area contributed by atoms with Crippen LogP contribution < -0.4 is 15.4 Å². The van der Waals surface area contributed by atoms with Crippen LogP contribution in [0, 0.1) is 0 Å². The van der Waals surface area contributed by atoms with Crippen molar-refractivity contribution in [2.45, 2.75) is 44.7 Å². The molecule has 3 rings (SSSR count). The number of hydrogen-bond donors (Lipinski definition) is 3. The van der Waals surface area contributed by atoms with E-state index in [2.05, 4.69) is 22.6 Å². The second kappa shape index (κ2) is 14.5. The zero-order chi connectivity index (χ0) is 26.7. The van der Waals surface area contributed by atoms with E-state index in [-0.39, 0.29) is 37.7 Å². The maximum absolute atomic E-state index is 12.1. The Kier molecular flexibility index (Phi) is 11.4. The molecule has 0 aromatic heterocycles. The first kappa shape index (κ1) is 29.1. The fourth-order valence-corrected chi connectivity index (χ4v) is 4.00. The summed E-state index contributed by atoms with van der Waals surface area (Å²) in [7, 11) is 2.05. The van der Waals surface area contributed by atoms with Gasteiger partial charge in [-0.1, -0.05) is 12.1 Å². The minimum Gasteiger partial charge on any atom is -0.491 e. The Labute approximate surface area is 219 Å². The molecule has 2 aliphatic rings. The number of hydrogen-bond acceptors (Lipinski definition) is 9. The van der Waals surface area contributed by atoms with Gasteiger partial charge >= 0.3 is 12.0 Å². The summed E-state index contributed by atoms with van der Waals surface area (Å²) in [4.78, 5) is 28.2. The lowest BCUT2D eigenvalue weighted by atomic mass is 10.1. The number of rotatable bonds is 13. The van der Waals surface area contributed by atoms with Crippen molar-refractivity contribution in [1.29, 1.82) is 0 Å². The molecule has 2 fully saturated rings. The largest absolute Gasteiger partial charge is 0.491 e. The molecule has 1 aromatic rings. The van der Waals surface area contributed by atoms with Gasteiger partial charge in [-0.15, -0.1) is 0 Å². The maximum Gasteiger partial charge on any atom is 0.317 e. The standard InChI is InChI=1S/C26H42N4O7/c1-26(2)36-19-23(37-26)18-35-24(32)9-6-20-4-7-22(8-5-20)34-17-21(31)16-27-10-11-28-25(33)30-14-12-29(3)13-15-30/h4-5,7-8,21,23,27,31H,6,9-19H2,1-3H3,(H,28,33). The number of likely N-dealkylation sites (N-methyl/N-ethyl adjacent to an activating group) is 1. The number of ether oxygens (including phenoxy) is 4. The van der Waals surface area contributed by atoms with Gasteiger partial charge in [0.15, 0.2) is 5.79 Å². The number of urea groups is 1. The van der Waals surface area contributed by atoms with Gasteiger partial charge in [0, 0.05) is 52.2 Å². The average molecular weight is 523 g/mol. The molecule has 0 bridgehead atoms. The Bertz CT molecular complexity index is 844. The fourth-order valence-electron chi connectivity index (χ4n) is 4.00. The molecule has 0 aliphatic carbocycles. The van der Waals surface area contributed by atoms with E-state index >= 15 is 0 Å². The van der Waals surface area contributed by atoms with Crippen molar-refractivity contribution in [2.24, 2.45) is 0 Å². The van der Waals surface area contributed by atoms with Gasteiger partial charge in [0.05, 0.1) is 6.61 Å². The monoisotopic (exact) mass is 522 g/mol. The topological polar surface area (TPSA) is 122 Å². The molecule has 0 radical (unpaired) electrons. The van der Waals surface area contributed by atoms with Crippen LogP contribution in [0.4, 0.5) is 4.79 Å².